The van der Waals surface area contributed by atoms with Gasteiger partial charge in [0.1, 0.15) is 0 Å². The van der Waals surface area contributed by atoms with Crippen LogP contribution in [0.4, 0.5) is 0 Å². The molecule has 0 amide bonds. The molecule has 1 aliphatic rings. The smallest absolute Gasteiger partial charge is 0.0525 e. The van der Waals surface area contributed by atoms with E-state index in [1.807, 2.05) is 0 Å². The lowest BCUT2D eigenvalue weighted by molar-refractivity contribution is 0.165. The van der Waals surface area contributed by atoms with Gasteiger partial charge in [-0.2, -0.15) is 0 Å². The average Bonchev–Trinajstić information content (AvgIpc) is 2.00. The van der Waals surface area contributed by atoms with Gasteiger partial charge in [-0.05, 0) is 18.3 Å². The van der Waals surface area contributed by atoms with Gasteiger partial charge in [0.2, 0.25) is 0 Å². The minimum absolute atomic E-state index is 0.202. The van der Waals surface area contributed by atoms with Crippen molar-refractivity contribution in [3.8, 4) is 0 Å². The lowest BCUT2D eigenvalue weighted by atomic mass is 9.74. The maximum absolute atomic E-state index is 6.22. The zero-order chi connectivity index (χ0) is 10.8. The fourth-order valence-electron chi connectivity index (χ4n) is 2.20. The number of alkyl halides is 1. The molecular weight excluding hydrogens is 196 g/mol. The van der Waals surface area contributed by atoms with Crippen molar-refractivity contribution in [2.45, 2.75) is 39.0 Å². The highest BCUT2D eigenvalue weighted by Crippen LogP contribution is 2.39. The molecule has 14 heavy (non-hydrogen) atoms. The molecule has 0 N–H and O–H groups in total. The average molecular weight is 217 g/mol. The van der Waals surface area contributed by atoms with Gasteiger partial charge in [0, 0.05) is 13.0 Å². The zero-order valence-electron chi connectivity index (χ0n) is 9.64. The van der Waals surface area contributed by atoms with Crippen LogP contribution in [0.1, 0.15) is 33.6 Å². The molecule has 2 unspecified atom stereocenters. The summed E-state index contributed by atoms with van der Waals surface area (Å²) in [6, 6.07) is 0. The van der Waals surface area contributed by atoms with E-state index in [-0.39, 0.29) is 5.38 Å². The lowest BCUT2D eigenvalue weighted by Crippen LogP contribution is -2.25. The second-order valence-corrected chi connectivity index (χ2v) is 5.72. The van der Waals surface area contributed by atoms with Gasteiger partial charge in [-0.25, -0.2) is 0 Å². The number of methoxy groups -OCH3 is 1. The summed E-state index contributed by atoms with van der Waals surface area (Å²) in [5.74, 6) is 0.501. The molecule has 2 heteroatoms. The van der Waals surface area contributed by atoms with E-state index >= 15 is 0 Å². The highest BCUT2D eigenvalue weighted by atomic mass is 35.5. The van der Waals surface area contributed by atoms with Gasteiger partial charge >= 0.3 is 0 Å². The molecular formula is C12H21ClO. The second kappa shape index (κ2) is 4.67. The molecule has 0 saturated heterocycles. The van der Waals surface area contributed by atoms with E-state index in [1.54, 1.807) is 7.11 Å². The molecule has 0 aromatic carbocycles. The van der Waals surface area contributed by atoms with Crippen LogP contribution in [0, 0.1) is 11.3 Å². The van der Waals surface area contributed by atoms with Crippen LogP contribution in [0.5, 0.6) is 0 Å². The molecule has 0 aliphatic heterocycles. The van der Waals surface area contributed by atoms with Gasteiger partial charge in [0.25, 0.3) is 0 Å². The molecule has 0 radical (unpaired) electrons. The fraction of sp³-hybridized carbons (Fsp3) is 0.833. The first kappa shape index (κ1) is 12.1. The van der Waals surface area contributed by atoms with Crippen LogP contribution in [-0.2, 0) is 4.74 Å². The Kier molecular flexibility index (Phi) is 4.03. The Morgan fingerprint density at radius 3 is 2.79 bits per heavy atom. The summed E-state index contributed by atoms with van der Waals surface area (Å²) >= 11 is 6.22. The predicted molar refractivity (Wildman–Crippen MR) is 61.8 cm³/mol. The number of ether oxygens (including phenoxy) is 1. The zero-order valence-corrected chi connectivity index (χ0v) is 10.4. The van der Waals surface area contributed by atoms with E-state index in [1.165, 1.54) is 5.57 Å². The highest BCUT2D eigenvalue weighted by molar-refractivity contribution is 6.21. The first-order valence-electron chi connectivity index (χ1n) is 5.28. The fourth-order valence-corrected chi connectivity index (χ4v) is 2.78. The van der Waals surface area contributed by atoms with Crippen molar-refractivity contribution in [3.05, 3.63) is 11.6 Å². The van der Waals surface area contributed by atoms with Gasteiger partial charge in [-0.1, -0.05) is 32.4 Å². The summed E-state index contributed by atoms with van der Waals surface area (Å²) in [6.45, 7) is 7.58. The Balaban J connectivity index is 2.68. The number of allylic oxidation sites excluding steroid dienone is 1. The van der Waals surface area contributed by atoms with Crippen LogP contribution in [0.15, 0.2) is 11.6 Å². The minimum Gasteiger partial charge on any atom is -0.384 e. The first-order valence-corrected chi connectivity index (χ1v) is 5.72. The Labute approximate surface area is 92.5 Å². The molecule has 1 nitrogen and oxygen atoms in total. The third-order valence-corrected chi connectivity index (χ3v) is 3.16. The molecule has 0 aromatic heterocycles. The second-order valence-electron chi connectivity index (χ2n) is 5.16. The molecule has 82 valence electrons. The molecule has 1 aliphatic carbocycles. The summed E-state index contributed by atoms with van der Waals surface area (Å²) in [7, 11) is 1.75. The maximum atomic E-state index is 6.22. The maximum Gasteiger partial charge on any atom is 0.0525 e. The van der Waals surface area contributed by atoms with E-state index in [0.717, 1.165) is 19.4 Å². The molecule has 2 atom stereocenters. The minimum atomic E-state index is 0.202. The Morgan fingerprint density at radius 1 is 1.64 bits per heavy atom. The van der Waals surface area contributed by atoms with E-state index in [9.17, 15) is 0 Å². The largest absolute Gasteiger partial charge is 0.384 e. The van der Waals surface area contributed by atoms with Crippen molar-refractivity contribution in [2.75, 3.05) is 13.7 Å². The monoisotopic (exact) mass is 216 g/mol. The van der Waals surface area contributed by atoms with Crippen molar-refractivity contribution >= 4 is 11.6 Å². The van der Waals surface area contributed by atoms with E-state index in [0.29, 0.717) is 11.3 Å². The molecule has 0 saturated carbocycles. The SMILES string of the molecule is COCC(C)C1=CC(Cl)CC(C)(C)C1. The van der Waals surface area contributed by atoms with Crippen LogP contribution in [0.3, 0.4) is 0 Å². The summed E-state index contributed by atoms with van der Waals surface area (Å²) in [5.41, 5.74) is 1.81. The number of hydrogen-bond acceptors (Lipinski definition) is 1. The highest BCUT2D eigenvalue weighted by Gasteiger charge is 2.29. The van der Waals surface area contributed by atoms with Gasteiger partial charge in [-0.3, -0.25) is 0 Å². The topological polar surface area (TPSA) is 9.23 Å². The van der Waals surface area contributed by atoms with E-state index in [2.05, 4.69) is 26.8 Å². The van der Waals surface area contributed by atoms with Gasteiger partial charge in [-0.15, -0.1) is 11.6 Å². The third-order valence-electron chi connectivity index (χ3n) is 2.87. The summed E-state index contributed by atoms with van der Waals surface area (Å²) in [4.78, 5) is 0. The van der Waals surface area contributed by atoms with Crippen molar-refractivity contribution in [2.24, 2.45) is 11.3 Å². The van der Waals surface area contributed by atoms with Crippen LogP contribution in [0.2, 0.25) is 0 Å². The molecule has 1 rings (SSSR count). The van der Waals surface area contributed by atoms with Gasteiger partial charge in [0.05, 0.1) is 12.0 Å². The van der Waals surface area contributed by atoms with Crippen LogP contribution in [0.25, 0.3) is 0 Å². The molecule has 0 fully saturated rings. The van der Waals surface area contributed by atoms with E-state index in [4.69, 9.17) is 16.3 Å². The molecule has 0 heterocycles. The Hall–Kier alpha value is -0.0100. The van der Waals surface area contributed by atoms with Crippen LogP contribution >= 0.6 is 11.6 Å². The van der Waals surface area contributed by atoms with Crippen LogP contribution < -0.4 is 0 Å². The number of hydrogen-bond donors (Lipinski definition) is 0. The normalized spacial score (nSPS) is 28.4. The number of halogens is 1. The number of rotatable bonds is 3. The van der Waals surface area contributed by atoms with Crippen molar-refractivity contribution in [1.82, 2.24) is 0 Å². The Morgan fingerprint density at radius 2 is 2.29 bits per heavy atom. The van der Waals surface area contributed by atoms with Gasteiger partial charge in [0.15, 0.2) is 0 Å². The molecule has 0 aromatic rings. The summed E-state index contributed by atoms with van der Waals surface area (Å²) in [6.07, 6.45) is 4.45. The molecule has 0 spiro atoms. The molecule has 0 bridgehead atoms. The Bertz CT molecular complexity index is 220. The van der Waals surface area contributed by atoms with Gasteiger partial charge < -0.3 is 4.74 Å². The third kappa shape index (κ3) is 3.29. The van der Waals surface area contributed by atoms with E-state index < -0.39 is 0 Å². The first-order chi connectivity index (χ1) is 6.44. The van der Waals surface area contributed by atoms with Crippen LogP contribution in [-0.4, -0.2) is 19.1 Å². The van der Waals surface area contributed by atoms with Crippen molar-refractivity contribution < 1.29 is 4.74 Å². The summed E-state index contributed by atoms with van der Waals surface area (Å²) in [5, 5.41) is 0.202. The van der Waals surface area contributed by atoms with Crippen molar-refractivity contribution in [3.63, 3.8) is 0 Å². The quantitative estimate of drug-likeness (QED) is 0.517. The standard InChI is InChI=1S/C12H21ClO/c1-9(8-14-4)10-5-11(13)7-12(2,3)6-10/h5,9,11H,6-8H2,1-4H3. The van der Waals surface area contributed by atoms with Crippen molar-refractivity contribution in [1.29, 1.82) is 0 Å². The lowest BCUT2D eigenvalue weighted by Gasteiger charge is -2.34. The predicted octanol–water partition coefficient (Wildman–Crippen LogP) is 3.62. The summed E-state index contributed by atoms with van der Waals surface area (Å²) < 4.78 is 5.18.